The molecule has 27 heavy (non-hydrogen) atoms. The van der Waals surface area contributed by atoms with Crippen molar-refractivity contribution in [3.05, 3.63) is 40.3 Å². The number of fused-ring (bicyclic) bond motifs is 3. The molecule has 0 aliphatic heterocycles. The Bertz CT molecular complexity index is 856. The summed E-state index contributed by atoms with van der Waals surface area (Å²) in [6.07, 6.45) is 1.80. The lowest BCUT2D eigenvalue weighted by Gasteiger charge is -2.17. The van der Waals surface area contributed by atoms with Gasteiger partial charge >= 0.3 is 5.97 Å². The molecule has 3 rings (SSSR count). The minimum absolute atomic E-state index is 0.0405. The third-order valence-corrected chi connectivity index (χ3v) is 6.14. The van der Waals surface area contributed by atoms with E-state index in [1.165, 1.54) is 16.9 Å². The van der Waals surface area contributed by atoms with E-state index in [2.05, 4.69) is 11.4 Å². The Labute approximate surface area is 163 Å². The van der Waals surface area contributed by atoms with Crippen molar-refractivity contribution in [2.24, 2.45) is 5.92 Å². The molecule has 1 aliphatic carbocycles. The molecule has 0 saturated heterocycles. The number of aryl methyl sites for hydroxylation is 2. The quantitative estimate of drug-likeness (QED) is 0.765. The molecule has 0 fully saturated rings. The highest BCUT2D eigenvalue weighted by Crippen LogP contribution is 2.40. The van der Waals surface area contributed by atoms with Crippen molar-refractivity contribution in [2.75, 3.05) is 13.7 Å². The van der Waals surface area contributed by atoms with Gasteiger partial charge in [0.15, 0.2) is 6.61 Å². The Morgan fingerprint density at radius 3 is 2.59 bits per heavy atom. The first-order chi connectivity index (χ1) is 12.9. The van der Waals surface area contributed by atoms with Gasteiger partial charge in [-0.25, -0.2) is 4.79 Å². The number of thiophene rings is 1. The van der Waals surface area contributed by atoms with Gasteiger partial charge in [-0.2, -0.15) is 0 Å². The summed E-state index contributed by atoms with van der Waals surface area (Å²) in [7, 11) is 1.66. The molecule has 6 heteroatoms. The van der Waals surface area contributed by atoms with E-state index < -0.39 is 5.97 Å². The maximum absolute atomic E-state index is 12.4. The van der Waals surface area contributed by atoms with Crippen LogP contribution in [0.5, 0.6) is 5.75 Å². The van der Waals surface area contributed by atoms with E-state index >= 15 is 0 Å². The molecule has 0 spiro atoms. The number of hydrogen-bond donors (Lipinski definition) is 1. The number of carbonyl (C=O) groups is 2. The zero-order valence-corrected chi connectivity index (χ0v) is 16.9. The standard InChI is InChI=1S/C21H25NO4S/c1-12(2)13(3)22-19(23)11-26-21(24)18-10-15-6-5-14-9-16(25-4)7-8-17(14)20(15)27-18/h7-10,12-13H,5-6,11H2,1-4H3,(H,22,23)/t13-/m1/s1. The molecular weight excluding hydrogens is 362 g/mol. The smallest absolute Gasteiger partial charge is 0.348 e. The number of benzene rings is 1. The molecule has 0 saturated carbocycles. The van der Waals surface area contributed by atoms with Gasteiger partial charge in [0.25, 0.3) is 5.91 Å². The Balaban J connectivity index is 1.68. The number of carbonyl (C=O) groups excluding carboxylic acids is 2. The second-order valence-electron chi connectivity index (χ2n) is 7.16. The third kappa shape index (κ3) is 4.33. The summed E-state index contributed by atoms with van der Waals surface area (Å²) in [6, 6.07) is 7.96. The minimum atomic E-state index is -0.447. The number of hydrogen-bond acceptors (Lipinski definition) is 5. The summed E-state index contributed by atoms with van der Waals surface area (Å²) < 4.78 is 10.5. The summed E-state index contributed by atoms with van der Waals surface area (Å²) in [5.74, 6) is 0.447. The van der Waals surface area contributed by atoms with Crippen LogP contribution in [0.3, 0.4) is 0 Å². The van der Waals surface area contributed by atoms with Crippen LogP contribution in [0.2, 0.25) is 0 Å². The first kappa shape index (κ1) is 19.4. The van der Waals surface area contributed by atoms with Crippen LogP contribution in [0.25, 0.3) is 10.4 Å². The molecular formula is C21H25NO4S. The van der Waals surface area contributed by atoms with Crippen molar-refractivity contribution in [2.45, 2.75) is 39.7 Å². The maximum Gasteiger partial charge on any atom is 0.348 e. The molecule has 1 aliphatic rings. The molecule has 144 valence electrons. The van der Waals surface area contributed by atoms with Crippen molar-refractivity contribution in [3.63, 3.8) is 0 Å². The van der Waals surface area contributed by atoms with Crippen molar-refractivity contribution in [1.29, 1.82) is 0 Å². The van der Waals surface area contributed by atoms with Crippen LogP contribution in [0, 0.1) is 5.92 Å². The number of esters is 1. The molecule has 5 nitrogen and oxygen atoms in total. The molecule has 0 radical (unpaired) electrons. The van der Waals surface area contributed by atoms with E-state index in [4.69, 9.17) is 9.47 Å². The van der Waals surface area contributed by atoms with Gasteiger partial charge in [-0.3, -0.25) is 4.79 Å². The largest absolute Gasteiger partial charge is 0.497 e. The summed E-state index contributed by atoms with van der Waals surface area (Å²) in [5, 5.41) is 2.83. The monoisotopic (exact) mass is 387 g/mol. The zero-order valence-electron chi connectivity index (χ0n) is 16.1. The van der Waals surface area contributed by atoms with Crippen molar-refractivity contribution < 1.29 is 19.1 Å². The second-order valence-corrected chi connectivity index (χ2v) is 8.22. The molecule has 0 unspecified atom stereocenters. The maximum atomic E-state index is 12.4. The predicted molar refractivity (Wildman–Crippen MR) is 106 cm³/mol. The number of nitrogens with one attached hydrogen (secondary N) is 1. The lowest BCUT2D eigenvalue weighted by Crippen LogP contribution is -2.38. The number of ether oxygens (including phenoxy) is 2. The van der Waals surface area contributed by atoms with E-state index in [0.717, 1.165) is 34.6 Å². The van der Waals surface area contributed by atoms with E-state index in [0.29, 0.717) is 10.8 Å². The van der Waals surface area contributed by atoms with Crippen LogP contribution in [0.4, 0.5) is 0 Å². The van der Waals surface area contributed by atoms with Gasteiger partial charge in [0.2, 0.25) is 0 Å². The van der Waals surface area contributed by atoms with E-state index in [1.807, 2.05) is 39.0 Å². The SMILES string of the molecule is COc1ccc2c(c1)CCc1cc(C(=O)OCC(=O)N[C@H](C)C(C)C)sc1-2. The molecule has 1 atom stereocenters. The second kappa shape index (κ2) is 8.13. The number of amides is 1. The fourth-order valence-electron chi connectivity index (χ4n) is 3.00. The molecule has 1 aromatic heterocycles. The molecule has 1 amide bonds. The van der Waals surface area contributed by atoms with Gasteiger partial charge < -0.3 is 14.8 Å². The van der Waals surface area contributed by atoms with Crippen LogP contribution in [0.15, 0.2) is 24.3 Å². The van der Waals surface area contributed by atoms with Crippen molar-refractivity contribution >= 4 is 23.2 Å². The normalized spacial score (nSPS) is 13.5. The van der Waals surface area contributed by atoms with E-state index in [-0.39, 0.29) is 18.6 Å². The first-order valence-corrected chi connectivity index (χ1v) is 9.97. The highest BCUT2D eigenvalue weighted by atomic mass is 32.1. The lowest BCUT2D eigenvalue weighted by atomic mass is 9.91. The average molecular weight is 388 g/mol. The molecule has 2 aromatic rings. The van der Waals surface area contributed by atoms with Gasteiger partial charge in [0.05, 0.1) is 7.11 Å². The molecule has 0 bridgehead atoms. The van der Waals surface area contributed by atoms with Crippen LogP contribution >= 0.6 is 11.3 Å². The van der Waals surface area contributed by atoms with E-state index in [1.54, 1.807) is 7.11 Å². The predicted octanol–water partition coefficient (Wildman–Crippen LogP) is 3.84. The van der Waals surface area contributed by atoms with Gasteiger partial charge in [-0.05, 0) is 66.6 Å². The van der Waals surface area contributed by atoms with Crippen molar-refractivity contribution in [3.8, 4) is 16.2 Å². The molecule has 1 aromatic carbocycles. The van der Waals surface area contributed by atoms with Crippen molar-refractivity contribution in [1.82, 2.24) is 5.32 Å². The highest BCUT2D eigenvalue weighted by molar-refractivity contribution is 7.17. The van der Waals surface area contributed by atoms with Crippen LogP contribution in [-0.2, 0) is 22.4 Å². The average Bonchev–Trinajstić information content (AvgIpc) is 3.10. The molecule has 1 heterocycles. The summed E-state index contributed by atoms with van der Waals surface area (Å²) in [4.78, 5) is 25.9. The Kier molecular flexibility index (Phi) is 5.85. The Hall–Kier alpha value is -2.34. The van der Waals surface area contributed by atoms with Gasteiger partial charge in [-0.1, -0.05) is 13.8 Å². The summed E-state index contributed by atoms with van der Waals surface area (Å²) in [6.45, 7) is 5.73. The van der Waals surface area contributed by atoms with Gasteiger partial charge in [0.1, 0.15) is 10.6 Å². The van der Waals surface area contributed by atoms with Crippen LogP contribution in [-0.4, -0.2) is 31.6 Å². The van der Waals surface area contributed by atoms with Gasteiger partial charge in [0, 0.05) is 10.9 Å². The van der Waals surface area contributed by atoms with Gasteiger partial charge in [-0.15, -0.1) is 11.3 Å². The summed E-state index contributed by atoms with van der Waals surface area (Å²) in [5.41, 5.74) is 3.53. The summed E-state index contributed by atoms with van der Waals surface area (Å²) >= 11 is 1.42. The fraction of sp³-hybridized carbons (Fsp3) is 0.429. The molecule has 1 N–H and O–H groups in total. The third-order valence-electron chi connectivity index (χ3n) is 4.95. The zero-order chi connectivity index (χ0) is 19.6. The highest BCUT2D eigenvalue weighted by Gasteiger charge is 2.23. The van der Waals surface area contributed by atoms with E-state index in [9.17, 15) is 9.59 Å². The fourth-order valence-corrected chi connectivity index (χ4v) is 4.17. The Morgan fingerprint density at radius 2 is 1.89 bits per heavy atom. The van der Waals surface area contributed by atoms with Crippen LogP contribution in [0.1, 0.15) is 41.6 Å². The number of rotatable bonds is 6. The topological polar surface area (TPSA) is 64.6 Å². The lowest BCUT2D eigenvalue weighted by molar-refractivity contribution is -0.125. The number of methoxy groups -OCH3 is 1. The first-order valence-electron chi connectivity index (χ1n) is 9.15. The Morgan fingerprint density at radius 1 is 1.15 bits per heavy atom. The minimum Gasteiger partial charge on any atom is -0.497 e. The van der Waals surface area contributed by atoms with Crippen LogP contribution < -0.4 is 10.1 Å².